The summed E-state index contributed by atoms with van der Waals surface area (Å²) in [5.74, 6) is 1.43. The van der Waals surface area contributed by atoms with E-state index < -0.39 is 0 Å². The molecule has 1 aliphatic heterocycles. The lowest BCUT2D eigenvalue weighted by atomic mass is 9.96. The standard InChI is InChI=1S/C19H16BrN3O3/c1-10-5-3-4-6-12(10)11(2)18-22-19(26-23-18)13-7-16-15(8-14(13)20)21-17(24)9-25-16/h3-8,11H,9H2,1-2H3,(H,21,24)/t11-/m1/s1. The molecule has 26 heavy (non-hydrogen) atoms. The zero-order valence-electron chi connectivity index (χ0n) is 14.2. The molecule has 6 nitrogen and oxygen atoms in total. The largest absolute Gasteiger partial charge is 0.482 e. The van der Waals surface area contributed by atoms with Crippen molar-refractivity contribution in [1.82, 2.24) is 10.1 Å². The molecular weight excluding hydrogens is 398 g/mol. The second kappa shape index (κ2) is 6.57. The number of carbonyl (C=O) groups is 1. The zero-order chi connectivity index (χ0) is 18.3. The Labute approximate surface area is 158 Å². The number of nitrogens with one attached hydrogen (secondary N) is 1. The average molecular weight is 414 g/mol. The van der Waals surface area contributed by atoms with Crippen LogP contribution in [0.3, 0.4) is 0 Å². The maximum absolute atomic E-state index is 11.4. The van der Waals surface area contributed by atoms with Crippen molar-refractivity contribution in [2.45, 2.75) is 19.8 Å². The molecule has 0 radical (unpaired) electrons. The van der Waals surface area contributed by atoms with Crippen LogP contribution in [0.1, 0.15) is 29.8 Å². The number of ether oxygens (including phenoxy) is 1. The van der Waals surface area contributed by atoms with Gasteiger partial charge in [0.1, 0.15) is 5.75 Å². The summed E-state index contributed by atoms with van der Waals surface area (Å²) in [5.41, 5.74) is 3.68. The van der Waals surface area contributed by atoms with E-state index in [1.165, 1.54) is 5.56 Å². The van der Waals surface area contributed by atoms with E-state index in [4.69, 9.17) is 9.26 Å². The molecule has 0 saturated carbocycles. The highest BCUT2D eigenvalue weighted by atomic mass is 79.9. The average Bonchev–Trinajstić information content (AvgIpc) is 3.10. The zero-order valence-corrected chi connectivity index (χ0v) is 15.8. The number of rotatable bonds is 3. The maximum Gasteiger partial charge on any atom is 0.262 e. The summed E-state index contributed by atoms with van der Waals surface area (Å²) >= 11 is 3.50. The van der Waals surface area contributed by atoms with Gasteiger partial charge in [0.25, 0.3) is 11.8 Å². The molecular formula is C19H16BrN3O3. The van der Waals surface area contributed by atoms with Crippen LogP contribution in [0.2, 0.25) is 0 Å². The van der Waals surface area contributed by atoms with Gasteiger partial charge in [0.15, 0.2) is 12.4 Å². The predicted molar refractivity (Wildman–Crippen MR) is 100 cm³/mol. The molecule has 0 bridgehead atoms. The molecule has 0 fully saturated rings. The Bertz CT molecular complexity index is 999. The van der Waals surface area contributed by atoms with E-state index in [2.05, 4.69) is 57.4 Å². The van der Waals surface area contributed by atoms with Crippen LogP contribution in [0.4, 0.5) is 5.69 Å². The topological polar surface area (TPSA) is 77.2 Å². The summed E-state index contributed by atoms with van der Waals surface area (Å²) in [5, 5.41) is 6.93. The Morgan fingerprint density at radius 2 is 2.08 bits per heavy atom. The lowest BCUT2D eigenvalue weighted by Gasteiger charge is -2.18. The molecule has 1 amide bonds. The van der Waals surface area contributed by atoms with Crippen LogP contribution in [0, 0.1) is 6.92 Å². The molecule has 0 saturated heterocycles. The van der Waals surface area contributed by atoms with Gasteiger partial charge in [-0.25, -0.2) is 0 Å². The summed E-state index contributed by atoms with van der Waals surface area (Å²) in [6, 6.07) is 11.7. The number of amides is 1. The number of anilines is 1. The maximum atomic E-state index is 11.4. The summed E-state index contributed by atoms with van der Waals surface area (Å²) < 4.78 is 11.7. The van der Waals surface area contributed by atoms with E-state index in [0.29, 0.717) is 23.2 Å². The van der Waals surface area contributed by atoms with Gasteiger partial charge in [0, 0.05) is 10.4 Å². The lowest BCUT2D eigenvalue weighted by Crippen LogP contribution is -2.25. The first-order valence-corrected chi connectivity index (χ1v) is 8.98. The number of benzene rings is 2. The van der Waals surface area contributed by atoms with Crippen LogP contribution in [-0.2, 0) is 4.79 Å². The second-order valence-corrected chi connectivity index (χ2v) is 7.06. The molecule has 4 rings (SSSR count). The second-order valence-electron chi connectivity index (χ2n) is 6.20. The minimum atomic E-state index is -0.177. The molecule has 1 atom stereocenters. The number of aryl methyl sites for hydroxylation is 1. The van der Waals surface area contributed by atoms with Gasteiger partial charge < -0.3 is 14.6 Å². The normalized spacial score (nSPS) is 14.3. The van der Waals surface area contributed by atoms with Crippen molar-refractivity contribution in [3.8, 4) is 17.2 Å². The van der Waals surface area contributed by atoms with Crippen LogP contribution in [0.5, 0.6) is 5.75 Å². The van der Waals surface area contributed by atoms with Crippen LogP contribution in [-0.4, -0.2) is 22.7 Å². The highest BCUT2D eigenvalue weighted by Gasteiger charge is 2.23. The van der Waals surface area contributed by atoms with Crippen molar-refractivity contribution in [3.05, 3.63) is 57.8 Å². The molecule has 2 heterocycles. The molecule has 3 aromatic rings. The number of halogens is 1. The number of carbonyl (C=O) groups excluding carboxylic acids is 1. The van der Waals surface area contributed by atoms with Crippen LogP contribution < -0.4 is 10.1 Å². The molecule has 0 unspecified atom stereocenters. The van der Waals surface area contributed by atoms with Gasteiger partial charge in [0.05, 0.1) is 11.3 Å². The number of hydrogen-bond donors (Lipinski definition) is 1. The third-order valence-corrected chi connectivity index (χ3v) is 5.07. The summed E-state index contributed by atoms with van der Waals surface area (Å²) in [7, 11) is 0. The fourth-order valence-electron chi connectivity index (χ4n) is 3.00. The SMILES string of the molecule is Cc1ccccc1[C@@H](C)c1noc(-c2cc3c(cc2Br)NC(=O)CO3)n1. The van der Waals surface area contributed by atoms with Crippen molar-refractivity contribution in [1.29, 1.82) is 0 Å². The van der Waals surface area contributed by atoms with Gasteiger partial charge in [0.2, 0.25) is 0 Å². The highest BCUT2D eigenvalue weighted by molar-refractivity contribution is 9.10. The van der Waals surface area contributed by atoms with Crippen LogP contribution >= 0.6 is 15.9 Å². The fraction of sp³-hybridized carbons (Fsp3) is 0.211. The summed E-state index contributed by atoms with van der Waals surface area (Å²) in [6.45, 7) is 4.11. The van der Waals surface area contributed by atoms with Crippen molar-refractivity contribution in [3.63, 3.8) is 0 Å². The van der Waals surface area contributed by atoms with E-state index in [1.807, 2.05) is 12.1 Å². The van der Waals surface area contributed by atoms with Gasteiger partial charge in [-0.3, -0.25) is 4.79 Å². The first-order chi connectivity index (χ1) is 12.5. The van der Waals surface area contributed by atoms with Crippen molar-refractivity contribution >= 4 is 27.5 Å². The number of fused-ring (bicyclic) bond motifs is 1. The fourth-order valence-corrected chi connectivity index (χ4v) is 3.51. The smallest absolute Gasteiger partial charge is 0.262 e. The van der Waals surface area contributed by atoms with Crippen molar-refractivity contribution < 1.29 is 14.1 Å². The molecule has 2 aromatic carbocycles. The van der Waals surface area contributed by atoms with Crippen molar-refractivity contribution in [2.24, 2.45) is 0 Å². The Hall–Kier alpha value is -2.67. The van der Waals surface area contributed by atoms with Gasteiger partial charge in [-0.2, -0.15) is 4.98 Å². The van der Waals surface area contributed by atoms with Crippen LogP contribution in [0.15, 0.2) is 45.4 Å². The molecule has 7 heteroatoms. The molecule has 1 N–H and O–H groups in total. The van der Waals surface area contributed by atoms with Crippen molar-refractivity contribution in [2.75, 3.05) is 11.9 Å². The van der Waals surface area contributed by atoms with Gasteiger partial charge in [-0.15, -0.1) is 0 Å². The Morgan fingerprint density at radius 3 is 2.88 bits per heavy atom. The highest BCUT2D eigenvalue weighted by Crippen LogP contribution is 2.38. The van der Waals surface area contributed by atoms with Crippen LogP contribution in [0.25, 0.3) is 11.5 Å². The minimum absolute atomic E-state index is 0.00647. The monoisotopic (exact) mass is 413 g/mol. The summed E-state index contributed by atoms with van der Waals surface area (Å²) in [6.07, 6.45) is 0. The van der Waals surface area contributed by atoms with Gasteiger partial charge in [-0.05, 0) is 46.1 Å². The number of aromatic nitrogens is 2. The van der Waals surface area contributed by atoms with E-state index >= 15 is 0 Å². The first-order valence-electron chi connectivity index (χ1n) is 8.18. The third-order valence-electron chi connectivity index (χ3n) is 4.42. The Kier molecular flexibility index (Phi) is 4.24. The molecule has 1 aromatic heterocycles. The van der Waals surface area contributed by atoms with E-state index in [9.17, 15) is 4.79 Å². The number of hydrogen-bond acceptors (Lipinski definition) is 5. The molecule has 0 spiro atoms. The summed E-state index contributed by atoms with van der Waals surface area (Å²) in [4.78, 5) is 16.0. The van der Waals surface area contributed by atoms with Gasteiger partial charge in [-0.1, -0.05) is 36.3 Å². The number of nitrogens with zero attached hydrogens (tertiary/aromatic N) is 2. The Balaban J connectivity index is 1.68. The quantitative estimate of drug-likeness (QED) is 0.692. The van der Waals surface area contributed by atoms with E-state index in [1.54, 1.807) is 12.1 Å². The third kappa shape index (κ3) is 2.99. The molecule has 0 aliphatic carbocycles. The lowest BCUT2D eigenvalue weighted by molar-refractivity contribution is -0.118. The Morgan fingerprint density at radius 1 is 1.27 bits per heavy atom. The van der Waals surface area contributed by atoms with Gasteiger partial charge >= 0.3 is 0 Å². The minimum Gasteiger partial charge on any atom is -0.482 e. The predicted octanol–water partition coefficient (Wildman–Crippen LogP) is 4.29. The van der Waals surface area contributed by atoms with E-state index in [-0.39, 0.29) is 18.4 Å². The molecule has 132 valence electrons. The first kappa shape index (κ1) is 16.8. The van der Waals surface area contributed by atoms with E-state index in [0.717, 1.165) is 15.6 Å². The molecule has 1 aliphatic rings.